The van der Waals surface area contributed by atoms with Crippen molar-refractivity contribution in [2.45, 2.75) is 58.0 Å². The number of carbonyl (C=O) groups is 2. The van der Waals surface area contributed by atoms with Gasteiger partial charge in [0.15, 0.2) is 0 Å². The highest BCUT2D eigenvalue weighted by Gasteiger charge is 2.48. The predicted molar refractivity (Wildman–Crippen MR) is 86.0 cm³/mol. The second-order valence-corrected chi connectivity index (χ2v) is 6.88. The van der Waals surface area contributed by atoms with Crippen molar-refractivity contribution in [1.82, 2.24) is 4.90 Å². The number of ether oxygens (including phenoxy) is 2. The van der Waals surface area contributed by atoms with Crippen LogP contribution in [0.15, 0.2) is 11.6 Å². The van der Waals surface area contributed by atoms with Crippen LogP contribution in [0.5, 0.6) is 0 Å². The Morgan fingerprint density at radius 3 is 2.67 bits per heavy atom. The van der Waals surface area contributed by atoms with Crippen molar-refractivity contribution in [3.63, 3.8) is 0 Å². The van der Waals surface area contributed by atoms with Crippen molar-refractivity contribution < 1.29 is 29.3 Å². The number of nitrogens with zero attached hydrogens (tertiary/aromatic N) is 1. The monoisotopic (exact) mass is 341 g/mol. The van der Waals surface area contributed by atoms with Gasteiger partial charge < -0.3 is 19.7 Å². The zero-order valence-corrected chi connectivity index (χ0v) is 14.7. The fourth-order valence-corrected chi connectivity index (χ4v) is 3.50. The summed E-state index contributed by atoms with van der Waals surface area (Å²) in [6, 6.07) is -0.115. The summed E-state index contributed by atoms with van der Waals surface area (Å²) in [4.78, 5) is 25.8. The molecule has 1 unspecified atom stereocenters. The van der Waals surface area contributed by atoms with E-state index < -0.39 is 35.7 Å². The number of esters is 2. The fraction of sp³-hybridized carbons (Fsp3) is 0.765. The zero-order valence-electron chi connectivity index (χ0n) is 14.7. The Bertz CT molecular complexity index is 531. The minimum absolute atomic E-state index is 0.0128. The molecule has 0 radical (unpaired) electrons. The molecule has 0 aliphatic carbocycles. The van der Waals surface area contributed by atoms with Gasteiger partial charge in [-0.3, -0.25) is 9.69 Å². The second-order valence-electron chi connectivity index (χ2n) is 6.88. The van der Waals surface area contributed by atoms with Gasteiger partial charge in [-0.2, -0.15) is 0 Å². The molecule has 2 rings (SSSR count). The van der Waals surface area contributed by atoms with Crippen molar-refractivity contribution in [3.05, 3.63) is 11.6 Å². The molecule has 0 aromatic rings. The third kappa shape index (κ3) is 3.48. The number of aliphatic hydroxyl groups excluding tert-OH is 1. The highest BCUT2D eigenvalue weighted by atomic mass is 16.6. The normalized spacial score (nSPS) is 27.4. The van der Waals surface area contributed by atoms with E-state index in [4.69, 9.17) is 9.47 Å². The summed E-state index contributed by atoms with van der Waals surface area (Å²) in [5.74, 6) is -1.89. The molecule has 0 aromatic carbocycles. The van der Waals surface area contributed by atoms with Crippen LogP contribution in [-0.4, -0.2) is 70.6 Å². The summed E-state index contributed by atoms with van der Waals surface area (Å²) < 4.78 is 10.3. The minimum atomic E-state index is -1.92. The van der Waals surface area contributed by atoms with Crippen molar-refractivity contribution in [3.8, 4) is 0 Å². The molecule has 0 spiro atoms. The summed E-state index contributed by atoms with van der Waals surface area (Å²) in [7, 11) is 0. The SMILES string of the molecule is CC(=O)O[C@H](C)C(O)(C(=O)OCC1=CCN2CC[C@@H](O)[C@@H]12)C(C)C. The third-order valence-corrected chi connectivity index (χ3v) is 4.98. The van der Waals surface area contributed by atoms with E-state index in [0.717, 1.165) is 18.7 Å². The Balaban J connectivity index is 2.02. The van der Waals surface area contributed by atoms with Gasteiger partial charge in [-0.25, -0.2) is 4.79 Å². The van der Waals surface area contributed by atoms with Crippen LogP contribution in [0.1, 0.15) is 34.1 Å². The summed E-state index contributed by atoms with van der Waals surface area (Å²) in [5, 5.41) is 20.8. The van der Waals surface area contributed by atoms with Gasteiger partial charge in [0.05, 0.1) is 12.1 Å². The quantitative estimate of drug-likeness (QED) is 0.528. The summed E-state index contributed by atoms with van der Waals surface area (Å²) in [6.45, 7) is 7.59. The Kier molecular flexibility index (Phi) is 5.67. The molecular formula is C17H27NO6. The Morgan fingerprint density at radius 2 is 2.08 bits per heavy atom. The first-order valence-electron chi connectivity index (χ1n) is 8.35. The molecule has 0 saturated carbocycles. The van der Waals surface area contributed by atoms with E-state index in [-0.39, 0.29) is 12.6 Å². The number of hydrogen-bond acceptors (Lipinski definition) is 7. The van der Waals surface area contributed by atoms with Crippen molar-refractivity contribution in [1.29, 1.82) is 0 Å². The molecule has 24 heavy (non-hydrogen) atoms. The molecule has 7 heteroatoms. The van der Waals surface area contributed by atoms with Gasteiger partial charge in [0, 0.05) is 20.0 Å². The maximum Gasteiger partial charge on any atom is 0.342 e. The Morgan fingerprint density at radius 1 is 1.42 bits per heavy atom. The lowest BCUT2D eigenvalue weighted by atomic mass is 9.85. The van der Waals surface area contributed by atoms with Crippen molar-refractivity contribution >= 4 is 11.9 Å². The number of carbonyl (C=O) groups excluding carboxylic acids is 2. The number of rotatable bonds is 6. The van der Waals surface area contributed by atoms with E-state index in [1.807, 2.05) is 6.08 Å². The molecule has 4 atom stereocenters. The fourth-order valence-electron chi connectivity index (χ4n) is 3.50. The lowest BCUT2D eigenvalue weighted by molar-refractivity contribution is -0.192. The molecule has 2 aliphatic rings. The van der Waals surface area contributed by atoms with Gasteiger partial charge in [0.25, 0.3) is 0 Å². The highest BCUT2D eigenvalue weighted by molar-refractivity contribution is 5.81. The lowest BCUT2D eigenvalue weighted by Gasteiger charge is -2.34. The van der Waals surface area contributed by atoms with Crippen LogP contribution < -0.4 is 0 Å². The predicted octanol–water partition coefficient (Wildman–Crippen LogP) is 0.244. The van der Waals surface area contributed by atoms with E-state index in [2.05, 4.69) is 4.90 Å². The molecule has 136 valence electrons. The van der Waals surface area contributed by atoms with Gasteiger partial charge in [-0.1, -0.05) is 19.9 Å². The maximum absolute atomic E-state index is 12.5. The minimum Gasteiger partial charge on any atom is -0.459 e. The Labute approximate surface area is 142 Å². The molecule has 0 amide bonds. The summed E-state index contributed by atoms with van der Waals surface area (Å²) in [6.07, 6.45) is 1.18. The lowest BCUT2D eigenvalue weighted by Crippen LogP contribution is -2.55. The van der Waals surface area contributed by atoms with Crippen LogP contribution in [-0.2, 0) is 19.1 Å². The topological polar surface area (TPSA) is 96.3 Å². The van der Waals surface area contributed by atoms with Crippen LogP contribution in [0, 0.1) is 5.92 Å². The van der Waals surface area contributed by atoms with Crippen LogP contribution in [0.4, 0.5) is 0 Å². The zero-order chi connectivity index (χ0) is 18.1. The van der Waals surface area contributed by atoms with E-state index >= 15 is 0 Å². The van der Waals surface area contributed by atoms with Crippen LogP contribution in [0.2, 0.25) is 0 Å². The number of hydrogen-bond donors (Lipinski definition) is 2. The van der Waals surface area contributed by atoms with Gasteiger partial charge >= 0.3 is 11.9 Å². The van der Waals surface area contributed by atoms with E-state index in [1.165, 1.54) is 13.8 Å². The van der Waals surface area contributed by atoms with E-state index in [1.54, 1.807) is 13.8 Å². The van der Waals surface area contributed by atoms with Gasteiger partial charge in [-0.05, 0) is 24.8 Å². The number of aliphatic hydroxyl groups is 2. The van der Waals surface area contributed by atoms with Gasteiger partial charge in [0.2, 0.25) is 5.60 Å². The molecule has 7 nitrogen and oxygen atoms in total. The van der Waals surface area contributed by atoms with E-state index in [0.29, 0.717) is 6.42 Å². The average molecular weight is 341 g/mol. The van der Waals surface area contributed by atoms with Crippen LogP contribution in [0.25, 0.3) is 0 Å². The van der Waals surface area contributed by atoms with Gasteiger partial charge in [0.1, 0.15) is 12.7 Å². The highest BCUT2D eigenvalue weighted by Crippen LogP contribution is 2.30. The molecule has 2 aliphatic heterocycles. The maximum atomic E-state index is 12.5. The van der Waals surface area contributed by atoms with E-state index in [9.17, 15) is 19.8 Å². The van der Waals surface area contributed by atoms with Crippen molar-refractivity contribution in [2.75, 3.05) is 19.7 Å². The van der Waals surface area contributed by atoms with Gasteiger partial charge in [-0.15, -0.1) is 0 Å². The summed E-state index contributed by atoms with van der Waals surface area (Å²) in [5.41, 5.74) is -1.07. The average Bonchev–Trinajstić information content (AvgIpc) is 3.06. The van der Waals surface area contributed by atoms with Crippen LogP contribution in [0.3, 0.4) is 0 Å². The molecule has 2 N–H and O–H groups in total. The third-order valence-electron chi connectivity index (χ3n) is 4.98. The first-order valence-corrected chi connectivity index (χ1v) is 8.35. The largest absolute Gasteiger partial charge is 0.459 e. The van der Waals surface area contributed by atoms with Crippen LogP contribution >= 0.6 is 0 Å². The summed E-state index contributed by atoms with van der Waals surface area (Å²) >= 11 is 0. The molecular weight excluding hydrogens is 314 g/mol. The first-order chi connectivity index (χ1) is 11.2. The molecule has 0 bridgehead atoms. The number of fused-ring (bicyclic) bond motifs is 1. The Hall–Kier alpha value is -1.44. The molecule has 1 saturated heterocycles. The van der Waals surface area contributed by atoms with Crippen molar-refractivity contribution in [2.24, 2.45) is 5.92 Å². The second kappa shape index (κ2) is 7.21. The molecule has 2 heterocycles. The standard InChI is InChI=1S/C17H27NO6/c1-10(2)17(22,11(3)24-12(4)19)16(21)23-9-13-5-7-18-8-6-14(20)15(13)18/h5,10-11,14-15,20,22H,6-9H2,1-4H3/t11-,14-,15-,17?/m1/s1. The smallest absolute Gasteiger partial charge is 0.342 e. The first kappa shape index (κ1) is 18.9. The molecule has 1 fully saturated rings. The molecule has 0 aromatic heterocycles.